The van der Waals surface area contributed by atoms with Gasteiger partial charge in [-0.3, -0.25) is 0 Å². The van der Waals surface area contributed by atoms with Gasteiger partial charge in [-0.05, 0) is 30.7 Å². The van der Waals surface area contributed by atoms with Gasteiger partial charge in [-0.1, -0.05) is 10.3 Å². The Labute approximate surface area is 126 Å². The van der Waals surface area contributed by atoms with Gasteiger partial charge < -0.3 is 15.2 Å². The fraction of sp³-hybridized carbons (Fsp3) is 0.231. The first-order chi connectivity index (χ1) is 10.6. The van der Waals surface area contributed by atoms with Gasteiger partial charge in [0.1, 0.15) is 18.0 Å². The third-order valence-corrected chi connectivity index (χ3v) is 2.69. The maximum Gasteiger partial charge on any atom is 0.332 e. The predicted octanol–water partition coefficient (Wildman–Crippen LogP) is 0.968. The summed E-state index contributed by atoms with van der Waals surface area (Å²) in [6.07, 6.45) is 1.43. The topological polar surface area (TPSA) is 125 Å². The number of benzene rings is 1. The Morgan fingerprint density at radius 2 is 2.27 bits per heavy atom. The number of carbonyl (C=O) groups is 1. The number of hydrogen-bond donors (Lipinski definition) is 2. The van der Waals surface area contributed by atoms with Crippen LogP contribution in [0.1, 0.15) is 17.0 Å². The van der Waals surface area contributed by atoms with Gasteiger partial charge in [0, 0.05) is 0 Å². The first-order valence-corrected chi connectivity index (χ1v) is 6.27. The van der Waals surface area contributed by atoms with E-state index in [1.807, 2.05) is 0 Å². The molecule has 0 unspecified atom stereocenters. The van der Waals surface area contributed by atoms with Gasteiger partial charge in [-0.25, -0.2) is 14.8 Å². The number of primary amides is 1. The lowest BCUT2D eigenvalue weighted by Crippen LogP contribution is -2.24. The Balaban J connectivity index is 2.07. The molecule has 9 nitrogen and oxygen atoms in total. The lowest BCUT2D eigenvalue weighted by atomic mass is 10.2. The van der Waals surface area contributed by atoms with Crippen molar-refractivity contribution in [1.29, 1.82) is 0 Å². The largest absolute Gasteiger partial charge is 0.493 e. The Bertz CT molecular complexity index is 683. The van der Waals surface area contributed by atoms with E-state index in [4.69, 9.17) is 15.2 Å². The van der Waals surface area contributed by atoms with Crippen molar-refractivity contribution in [1.82, 2.24) is 15.7 Å². The number of aromatic nitrogens is 2. The van der Waals surface area contributed by atoms with Crippen molar-refractivity contribution in [3.05, 3.63) is 35.2 Å². The molecule has 0 fully saturated rings. The van der Waals surface area contributed by atoms with Crippen LogP contribution in [0, 0.1) is 6.92 Å². The molecular weight excluding hydrogens is 290 g/mol. The van der Waals surface area contributed by atoms with Crippen LogP contribution in [0.3, 0.4) is 0 Å². The standard InChI is InChI=1S/C13H15N5O4/c1-8-10(18-22-17-8)7-21-11-4-3-9(5-12(11)20-2)6-15-16-13(14)19/h3-6H,7H2,1-2H3,(H3,14,16,19)/b15-6+. The van der Waals surface area contributed by atoms with Crippen molar-refractivity contribution in [3.63, 3.8) is 0 Å². The molecule has 0 saturated carbocycles. The number of carbonyl (C=O) groups excluding carboxylic acids is 1. The van der Waals surface area contributed by atoms with Crippen molar-refractivity contribution in [2.45, 2.75) is 13.5 Å². The first-order valence-electron chi connectivity index (χ1n) is 6.27. The van der Waals surface area contributed by atoms with Crippen LogP contribution in [0.2, 0.25) is 0 Å². The number of nitrogens with one attached hydrogen (secondary N) is 1. The molecule has 0 aliphatic heterocycles. The van der Waals surface area contributed by atoms with Crippen molar-refractivity contribution >= 4 is 12.2 Å². The lowest BCUT2D eigenvalue weighted by Gasteiger charge is -2.10. The van der Waals surface area contributed by atoms with Crippen LogP contribution in [0.25, 0.3) is 0 Å². The zero-order chi connectivity index (χ0) is 15.9. The quantitative estimate of drug-likeness (QED) is 0.605. The third-order valence-electron chi connectivity index (χ3n) is 2.69. The number of aryl methyl sites for hydroxylation is 1. The molecule has 2 rings (SSSR count). The second-order valence-electron chi connectivity index (χ2n) is 4.23. The smallest absolute Gasteiger partial charge is 0.332 e. The minimum atomic E-state index is -0.736. The molecule has 0 aliphatic carbocycles. The molecule has 2 aromatic rings. The molecule has 1 aromatic heterocycles. The highest BCUT2D eigenvalue weighted by Gasteiger charge is 2.09. The predicted molar refractivity (Wildman–Crippen MR) is 76.7 cm³/mol. The Hall–Kier alpha value is -3.10. The highest BCUT2D eigenvalue weighted by molar-refractivity contribution is 5.82. The molecule has 1 heterocycles. The fourth-order valence-electron chi connectivity index (χ4n) is 1.58. The zero-order valence-electron chi connectivity index (χ0n) is 12.1. The Kier molecular flexibility index (Phi) is 4.91. The maximum absolute atomic E-state index is 10.5. The summed E-state index contributed by atoms with van der Waals surface area (Å²) in [5, 5.41) is 11.1. The number of hydrazone groups is 1. The molecule has 3 N–H and O–H groups in total. The highest BCUT2D eigenvalue weighted by Crippen LogP contribution is 2.28. The number of rotatable bonds is 6. The van der Waals surface area contributed by atoms with Crippen molar-refractivity contribution in [2.75, 3.05) is 7.11 Å². The summed E-state index contributed by atoms with van der Waals surface area (Å²) in [5.74, 6) is 1.04. The Morgan fingerprint density at radius 1 is 1.45 bits per heavy atom. The summed E-state index contributed by atoms with van der Waals surface area (Å²) in [7, 11) is 1.52. The highest BCUT2D eigenvalue weighted by atomic mass is 16.6. The number of urea groups is 1. The minimum Gasteiger partial charge on any atom is -0.493 e. The second-order valence-corrected chi connectivity index (χ2v) is 4.23. The van der Waals surface area contributed by atoms with E-state index in [2.05, 4.69) is 25.5 Å². The van der Waals surface area contributed by atoms with Crippen LogP contribution in [0.4, 0.5) is 4.79 Å². The second kappa shape index (κ2) is 7.07. The zero-order valence-corrected chi connectivity index (χ0v) is 12.1. The molecule has 22 heavy (non-hydrogen) atoms. The first kappa shape index (κ1) is 15.3. The van der Waals surface area contributed by atoms with Crippen molar-refractivity contribution < 1.29 is 18.9 Å². The van der Waals surface area contributed by atoms with Gasteiger partial charge in [0.15, 0.2) is 11.5 Å². The average Bonchev–Trinajstić information content (AvgIpc) is 2.90. The normalized spacial score (nSPS) is 10.6. The lowest BCUT2D eigenvalue weighted by molar-refractivity contribution is 0.249. The summed E-state index contributed by atoms with van der Waals surface area (Å²) in [4.78, 5) is 10.5. The average molecular weight is 305 g/mol. The molecule has 116 valence electrons. The van der Waals surface area contributed by atoms with E-state index in [1.54, 1.807) is 25.1 Å². The number of ether oxygens (including phenoxy) is 2. The summed E-state index contributed by atoms with van der Waals surface area (Å²) < 4.78 is 15.5. The molecule has 9 heteroatoms. The van der Waals surface area contributed by atoms with E-state index < -0.39 is 6.03 Å². The van der Waals surface area contributed by atoms with E-state index in [9.17, 15) is 4.79 Å². The number of amides is 2. The van der Waals surface area contributed by atoms with Gasteiger partial charge in [0.2, 0.25) is 0 Å². The van der Waals surface area contributed by atoms with Gasteiger partial charge in [-0.2, -0.15) is 5.10 Å². The van der Waals surface area contributed by atoms with Gasteiger partial charge in [0.25, 0.3) is 0 Å². The Morgan fingerprint density at radius 3 is 2.91 bits per heavy atom. The molecule has 1 aromatic carbocycles. The molecule has 0 spiro atoms. The molecular formula is C13H15N5O4. The summed E-state index contributed by atoms with van der Waals surface area (Å²) in [6.45, 7) is 1.99. The molecule has 0 saturated heterocycles. The van der Waals surface area contributed by atoms with E-state index in [0.29, 0.717) is 28.5 Å². The van der Waals surface area contributed by atoms with Crippen LogP contribution < -0.4 is 20.6 Å². The van der Waals surface area contributed by atoms with Crippen molar-refractivity contribution in [3.8, 4) is 11.5 Å². The molecule has 2 amide bonds. The van der Waals surface area contributed by atoms with Crippen LogP contribution in [-0.4, -0.2) is 29.7 Å². The molecule has 0 bridgehead atoms. The van der Waals surface area contributed by atoms with Gasteiger partial charge in [0.05, 0.1) is 13.3 Å². The van der Waals surface area contributed by atoms with Crippen molar-refractivity contribution in [2.24, 2.45) is 10.8 Å². The number of hydrogen-bond acceptors (Lipinski definition) is 7. The summed E-state index contributed by atoms with van der Waals surface area (Å²) >= 11 is 0. The van der Waals surface area contributed by atoms with Crippen LogP contribution >= 0.6 is 0 Å². The molecule has 0 radical (unpaired) electrons. The summed E-state index contributed by atoms with van der Waals surface area (Å²) in [6, 6.07) is 4.43. The van der Waals surface area contributed by atoms with Gasteiger partial charge >= 0.3 is 6.03 Å². The molecule has 0 aliphatic rings. The number of nitrogens with two attached hydrogens (primary N) is 1. The van der Waals surface area contributed by atoms with E-state index >= 15 is 0 Å². The number of nitrogens with zero attached hydrogens (tertiary/aromatic N) is 3. The van der Waals surface area contributed by atoms with Crippen LogP contribution in [0.15, 0.2) is 27.9 Å². The maximum atomic E-state index is 10.5. The van der Waals surface area contributed by atoms with E-state index in [-0.39, 0.29) is 6.61 Å². The van der Waals surface area contributed by atoms with Crippen LogP contribution in [0.5, 0.6) is 11.5 Å². The number of methoxy groups -OCH3 is 1. The summed E-state index contributed by atoms with van der Waals surface area (Å²) in [5.41, 5.74) is 9.00. The van der Waals surface area contributed by atoms with E-state index in [1.165, 1.54) is 13.3 Å². The minimum absolute atomic E-state index is 0.211. The SMILES string of the molecule is COc1cc(/C=N/NC(N)=O)ccc1OCc1nonc1C. The van der Waals surface area contributed by atoms with E-state index in [0.717, 1.165) is 0 Å². The van der Waals surface area contributed by atoms with Gasteiger partial charge in [-0.15, -0.1) is 0 Å². The fourth-order valence-corrected chi connectivity index (χ4v) is 1.58. The van der Waals surface area contributed by atoms with Crippen LogP contribution in [-0.2, 0) is 6.61 Å². The molecule has 0 atom stereocenters. The monoisotopic (exact) mass is 305 g/mol. The third kappa shape index (κ3) is 3.95.